The maximum Gasteiger partial charge on any atom is 0.231 e. The molecule has 5 heteroatoms. The Hall–Kier alpha value is -3.00. The number of ether oxygens (including phenoxy) is 2. The van der Waals surface area contributed by atoms with Crippen LogP contribution in [0.1, 0.15) is 36.7 Å². The molecule has 4 rings (SSSR count). The number of benzene rings is 2. The van der Waals surface area contributed by atoms with Crippen LogP contribution in [0.4, 0.5) is 0 Å². The molecule has 0 bridgehead atoms. The third-order valence-corrected chi connectivity index (χ3v) is 4.19. The maximum atomic E-state index is 9.11. The second-order valence-electron chi connectivity index (χ2n) is 6.22. The second-order valence-corrected chi connectivity index (χ2v) is 6.22. The minimum atomic E-state index is 0.253. The third-order valence-electron chi connectivity index (χ3n) is 4.19. The average Bonchev–Trinajstić information content (AvgIpc) is 3.17. The second kappa shape index (κ2) is 5.57. The molecule has 3 aromatic rings. The molecule has 0 aliphatic carbocycles. The van der Waals surface area contributed by atoms with E-state index in [4.69, 9.17) is 19.7 Å². The number of nitrogens with zero attached hydrogens (tertiary/aromatic N) is 3. The Morgan fingerprint density at radius 2 is 2.00 bits per heavy atom. The molecule has 120 valence electrons. The molecular formula is C19H17N3O2. The fraction of sp³-hybridized carbons (Fsp3) is 0.263. The normalized spacial score (nSPS) is 12.8. The van der Waals surface area contributed by atoms with E-state index in [0.717, 1.165) is 33.9 Å². The highest BCUT2D eigenvalue weighted by molar-refractivity contribution is 5.81. The van der Waals surface area contributed by atoms with E-state index >= 15 is 0 Å². The molecule has 2 heterocycles. The van der Waals surface area contributed by atoms with Gasteiger partial charge in [-0.15, -0.1) is 0 Å². The lowest BCUT2D eigenvalue weighted by Crippen LogP contribution is -2.06. The minimum Gasteiger partial charge on any atom is -0.454 e. The molecule has 24 heavy (non-hydrogen) atoms. The largest absolute Gasteiger partial charge is 0.454 e. The number of fused-ring (bicyclic) bond motifs is 2. The topological polar surface area (TPSA) is 60.1 Å². The highest BCUT2D eigenvalue weighted by atomic mass is 16.7. The summed E-state index contributed by atoms with van der Waals surface area (Å²) in [5.74, 6) is 2.79. The van der Waals surface area contributed by atoms with Gasteiger partial charge in [0.2, 0.25) is 6.79 Å². The molecule has 0 N–H and O–H groups in total. The van der Waals surface area contributed by atoms with Crippen molar-refractivity contribution in [2.24, 2.45) is 0 Å². The smallest absolute Gasteiger partial charge is 0.231 e. The molecule has 1 aromatic heterocycles. The van der Waals surface area contributed by atoms with Crippen molar-refractivity contribution >= 4 is 11.0 Å². The number of rotatable bonds is 3. The summed E-state index contributed by atoms with van der Waals surface area (Å²) in [4.78, 5) is 4.79. The first-order chi connectivity index (χ1) is 11.7. The van der Waals surface area contributed by atoms with E-state index in [1.807, 2.05) is 36.4 Å². The van der Waals surface area contributed by atoms with E-state index in [0.29, 0.717) is 12.1 Å². The first kappa shape index (κ1) is 14.6. The molecule has 1 aliphatic heterocycles. The molecule has 5 nitrogen and oxygen atoms in total. The number of imidazole rings is 1. The molecule has 0 radical (unpaired) electrons. The van der Waals surface area contributed by atoms with Crippen LogP contribution in [0, 0.1) is 11.3 Å². The summed E-state index contributed by atoms with van der Waals surface area (Å²) in [6, 6.07) is 13.8. The van der Waals surface area contributed by atoms with Crippen LogP contribution in [0.15, 0.2) is 36.4 Å². The van der Waals surface area contributed by atoms with Crippen LogP contribution < -0.4 is 9.47 Å². The molecule has 0 atom stereocenters. The summed E-state index contributed by atoms with van der Waals surface area (Å²) < 4.78 is 13.2. The molecule has 0 saturated heterocycles. The van der Waals surface area contributed by atoms with Crippen molar-refractivity contribution in [1.29, 1.82) is 5.26 Å². The van der Waals surface area contributed by atoms with E-state index in [1.54, 1.807) is 0 Å². The van der Waals surface area contributed by atoms with Gasteiger partial charge in [0.05, 0.1) is 22.7 Å². The van der Waals surface area contributed by atoms with Crippen LogP contribution in [-0.2, 0) is 6.54 Å². The zero-order chi connectivity index (χ0) is 16.7. The van der Waals surface area contributed by atoms with Crippen LogP contribution in [0.2, 0.25) is 0 Å². The van der Waals surface area contributed by atoms with Gasteiger partial charge in [-0.25, -0.2) is 4.98 Å². The van der Waals surface area contributed by atoms with Gasteiger partial charge in [0.15, 0.2) is 11.5 Å². The highest BCUT2D eigenvalue weighted by Crippen LogP contribution is 2.37. The molecule has 1 aliphatic rings. The van der Waals surface area contributed by atoms with Gasteiger partial charge in [-0.2, -0.15) is 5.26 Å². The lowest BCUT2D eigenvalue weighted by Gasteiger charge is -2.12. The summed E-state index contributed by atoms with van der Waals surface area (Å²) in [5.41, 5.74) is 3.67. The Morgan fingerprint density at radius 3 is 2.75 bits per heavy atom. The van der Waals surface area contributed by atoms with Crippen LogP contribution in [0.25, 0.3) is 11.0 Å². The monoisotopic (exact) mass is 319 g/mol. The molecule has 2 aromatic carbocycles. The summed E-state index contributed by atoms with van der Waals surface area (Å²) in [7, 11) is 0. The van der Waals surface area contributed by atoms with Gasteiger partial charge in [0.1, 0.15) is 5.82 Å². The predicted octanol–water partition coefficient (Wildman–Crippen LogP) is 3.81. The lowest BCUT2D eigenvalue weighted by atomic mass is 10.1. The molecule has 0 fully saturated rings. The lowest BCUT2D eigenvalue weighted by molar-refractivity contribution is 0.174. The van der Waals surface area contributed by atoms with E-state index in [9.17, 15) is 0 Å². The Balaban J connectivity index is 1.85. The third kappa shape index (κ3) is 2.37. The predicted molar refractivity (Wildman–Crippen MR) is 90.2 cm³/mol. The summed E-state index contributed by atoms with van der Waals surface area (Å²) in [5, 5.41) is 9.11. The van der Waals surface area contributed by atoms with Gasteiger partial charge in [-0.05, 0) is 17.7 Å². The van der Waals surface area contributed by atoms with Crippen molar-refractivity contribution in [2.75, 3.05) is 6.79 Å². The Kier molecular flexibility index (Phi) is 3.39. The molecule has 0 amide bonds. The number of hydrogen-bond donors (Lipinski definition) is 0. The van der Waals surface area contributed by atoms with Crippen molar-refractivity contribution in [3.8, 4) is 17.6 Å². The minimum absolute atomic E-state index is 0.253. The Bertz CT molecular complexity index is 967. The van der Waals surface area contributed by atoms with Gasteiger partial charge in [-0.1, -0.05) is 26.0 Å². The van der Waals surface area contributed by atoms with Gasteiger partial charge in [0.25, 0.3) is 0 Å². The van der Waals surface area contributed by atoms with E-state index in [-0.39, 0.29) is 12.7 Å². The van der Waals surface area contributed by atoms with Gasteiger partial charge in [-0.3, -0.25) is 0 Å². The van der Waals surface area contributed by atoms with Crippen molar-refractivity contribution in [3.05, 3.63) is 53.3 Å². The standard InChI is InChI=1S/C19H17N3O2/c1-12(2)19-21-15-7-17-18(24-11-23-17)8-16(15)22(19)10-14-5-3-4-13(6-14)9-20/h3-8,12H,10-11H2,1-2H3. The van der Waals surface area contributed by atoms with Crippen LogP contribution in [-0.4, -0.2) is 16.3 Å². The van der Waals surface area contributed by atoms with Gasteiger partial charge < -0.3 is 14.0 Å². The summed E-state index contributed by atoms with van der Waals surface area (Å²) in [6.07, 6.45) is 0. The first-order valence-corrected chi connectivity index (χ1v) is 7.94. The zero-order valence-corrected chi connectivity index (χ0v) is 13.6. The van der Waals surface area contributed by atoms with Crippen LogP contribution >= 0.6 is 0 Å². The average molecular weight is 319 g/mol. The fourth-order valence-corrected chi connectivity index (χ4v) is 3.06. The van der Waals surface area contributed by atoms with Crippen LogP contribution in [0.5, 0.6) is 11.5 Å². The first-order valence-electron chi connectivity index (χ1n) is 7.94. The van der Waals surface area contributed by atoms with Crippen LogP contribution in [0.3, 0.4) is 0 Å². The van der Waals surface area contributed by atoms with E-state index < -0.39 is 0 Å². The van der Waals surface area contributed by atoms with Crippen molar-refractivity contribution in [3.63, 3.8) is 0 Å². The van der Waals surface area contributed by atoms with Gasteiger partial charge >= 0.3 is 0 Å². The quantitative estimate of drug-likeness (QED) is 0.736. The molecule has 0 saturated carbocycles. The maximum absolute atomic E-state index is 9.11. The van der Waals surface area contributed by atoms with Crippen molar-refractivity contribution in [2.45, 2.75) is 26.3 Å². The Morgan fingerprint density at radius 1 is 1.21 bits per heavy atom. The fourth-order valence-electron chi connectivity index (χ4n) is 3.06. The SMILES string of the molecule is CC(C)c1nc2cc3c(cc2n1Cc1cccc(C#N)c1)OCO3. The van der Waals surface area contributed by atoms with Crippen molar-refractivity contribution in [1.82, 2.24) is 9.55 Å². The highest BCUT2D eigenvalue weighted by Gasteiger charge is 2.20. The molecule has 0 spiro atoms. The van der Waals surface area contributed by atoms with Gasteiger partial charge in [0, 0.05) is 24.6 Å². The number of nitriles is 1. The van der Waals surface area contributed by atoms with Crippen molar-refractivity contribution < 1.29 is 9.47 Å². The number of aromatic nitrogens is 2. The number of hydrogen-bond acceptors (Lipinski definition) is 4. The van der Waals surface area contributed by atoms with E-state index in [1.165, 1.54) is 0 Å². The zero-order valence-electron chi connectivity index (χ0n) is 13.6. The summed E-state index contributed by atoms with van der Waals surface area (Å²) in [6.45, 7) is 5.18. The van der Waals surface area contributed by atoms with E-state index in [2.05, 4.69) is 24.5 Å². The summed E-state index contributed by atoms with van der Waals surface area (Å²) >= 11 is 0. The molecular weight excluding hydrogens is 302 g/mol. The Labute approximate surface area is 140 Å². The molecule has 0 unspecified atom stereocenters.